The fraction of sp³-hybridized carbons (Fsp3) is 0.769. The molecule has 4 nitrogen and oxygen atoms in total. The van der Waals surface area contributed by atoms with Crippen LogP contribution in [-0.4, -0.2) is 31.6 Å². The zero-order valence-corrected chi connectivity index (χ0v) is 12.1. The predicted molar refractivity (Wildman–Crippen MR) is 72.6 cm³/mol. The van der Waals surface area contributed by atoms with Crippen molar-refractivity contribution in [2.75, 3.05) is 7.11 Å². The number of allylic oxidation sites excluding steroid dienone is 1. The van der Waals surface area contributed by atoms with E-state index in [2.05, 4.69) is 39.6 Å². The quantitative estimate of drug-likeness (QED) is 0.708. The van der Waals surface area contributed by atoms with Gasteiger partial charge in [0.25, 0.3) is 0 Å². The summed E-state index contributed by atoms with van der Waals surface area (Å²) in [6, 6.07) is 0. The molecule has 2 aliphatic heterocycles. The van der Waals surface area contributed by atoms with E-state index in [0.29, 0.717) is 0 Å². The maximum absolute atomic E-state index is 6.07. The average molecular weight is 251 g/mol. The van der Waals surface area contributed by atoms with Crippen LogP contribution >= 0.6 is 0 Å². The van der Waals surface area contributed by atoms with Crippen molar-refractivity contribution in [3.8, 4) is 0 Å². The van der Waals surface area contributed by atoms with Crippen molar-refractivity contribution in [3.05, 3.63) is 12.0 Å². The van der Waals surface area contributed by atoms with Gasteiger partial charge in [0, 0.05) is 17.9 Å². The molecule has 2 heterocycles. The Hall–Kier alpha value is -0.805. The van der Waals surface area contributed by atoms with Crippen LogP contribution in [0, 0.1) is 5.92 Å². The molecule has 0 aromatic carbocycles. The van der Waals surface area contributed by atoms with Gasteiger partial charge in [-0.15, -0.1) is 0 Å². The number of methoxy groups -OCH3 is 1. The zero-order chi connectivity index (χ0) is 13.6. The van der Waals surface area contributed by atoms with Gasteiger partial charge >= 0.3 is 7.12 Å². The number of hydrogen-bond donors (Lipinski definition) is 0. The van der Waals surface area contributed by atoms with Crippen LogP contribution in [0.1, 0.15) is 34.6 Å². The Morgan fingerprint density at radius 3 is 2.28 bits per heavy atom. The molecule has 0 N–H and O–H groups in total. The van der Waals surface area contributed by atoms with Crippen LogP contribution in [0.3, 0.4) is 0 Å². The Bertz CT molecular complexity index is 374. The minimum absolute atomic E-state index is 0.0889. The van der Waals surface area contributed by atoms with Crippen molar-refractivity contribution in [2.45, 2.75) is 51.6 Å². The minimum atomic E-state index is -0.306. The van der Waals surface area contributed by atoms with E-state index in [1.54, 1.807) is 13.3 Å². The van der Waals surface area contributed by atoms with Gasteiger partial charge < -0.3 is 14.0 Å². The Morgan fingerprint density at radius 2 is 1.78 bits per heavy atom. The Morgan fingerprint density at radius 1 is 1.22 bits per heavy atom. The van der Waals surface area contributed by atoms with E-state index < -0.39 is 0 Å². The van der Waals surface area contributed by atoms with Crippen LogP contribution in [0.4, 0.5) is 0 Å². The molecule has 0 spiro atoms. The molecular weight excluding hydrogens is 229 g/mol. The van der Waals surface area contributed by atoms with Gasteiger partial charge in [0.05, 0.1) is 24.5 Å². The third kappa shape index (κ3) is 2.10. The van der Waals surface area contributed by atoms with E-state index in [1.807, 2.05) is 6.21 Å². The Labute approximate surface area is 110 Å². The molecule has 100 valence electrons. The highest BCUT2D eigenvalue weighted by Gasteiger charge is 2.54. The second-order valence-electron chi connectivity index (χ2n) is 6.02. The highest BCUT2D eigenvalue weighted by Crippen LogP contribution is 2.43. The zero-order valence-electron chi connectivity index (χ0n) is 12.1. The molecule has 0 aliphatic carbocycles. The molecule has 0 saturated carbocycles. The standard InChI is InChI=1S/C13H22BNO3/c1-9-10(7-15-8-11(9)16-6)14-17-12(2,3)13(4,5)18-14/h7-10H,1-6H3. The summed E-state index contributed by atoms with van der Waals surface area (Å²) < 4.78 is 17.5. The molecule has 0 radical (unpaired) electrons. The maximum atomic E-state index is 6.07. The summed E-state index contributed by atoms with van der Waals surface area (Å²) >= 11 is 0. The van der Waals surface area contributed by atoms with Crippen LogP contribution in [0.2, 0.25) is 5.82 Å². The lowest BCUT2D eigenvalue weighted by Gasteiger charge is -2.32. The van der Waals surface area contributed by atoms with Gasteiger partial charge in [-0.2, -0.15) is 0 Å². The van der Waals surface area contributed by atoms with Gasteiger partial charge in [0.1, 0.15) is 5.76 Å². The lowest BCUT2D eigenvalue weighted by Crippen LogP contribution is -2.41. The lowest BCUT2D eigenvalue weighted by atomic mass is 9.65. The SMILES string of the molecule is COC1=CN=CC(B2OC(C)(C)C(C)(C)O2)C1C. The van der Waals surface area contributed by atoms with E-state index in [9.17, 15) is 0 Å². The molecular formula is C13H22BNO3. The minimum Gasteiger partial charge on any atom is -0.499 e. The normalized spacial score (nSPS) is 33.4. The summed E-state index contributed by atoms with van der Waals surface area (Å²) in [6.45, 7) is 10.3. The topological polar surface area (TPSA) is 40.0 Å². The third-order valence-electron chi connectivity index (χ3n) is 4.31. The fourth-order valence-corrected chi connectivity index (χ4v) is 2.24. The van der Waals surface area contributed by atoms with Crippen molar-refractivity contribution < 1.29 is 14.0 Å². The number of aliphatic imine (C=N–C) groups is 1. The molecule has 18 heavy (non-hydrogen) atoms. The maximum Gasteiger partial charge on any atom is 0.467 e. The van der Waals surface area contributed by atoms with Gasteiger partial charge in [0.15, 0.2) is 0 Å². The van der Waals surface area contributed by atoms with E-state index in [0.717, 1.165) is 5.76 Å². The smallest absolute Gasteiger partial charge is 0.467 e. The number of hydrogen-bond acceptors (Lipinski definition) is 4. The first-order chi connectivity index (χ1) is 8.28. The van der Waals surface area contributed by atoms with Gasteiger partial charge in [-0.25, -0.2) is 0 Å². The first-order valence-electron chi connectivity index (χ1n) is 6.41. The average Bonchev–Trinajstić information content (AvgIpc) is 2.48. The van der Waals surface area contributed by atoms with Crippen LogP contribution in [0.25, 0.3) is 0 Å². The molecule has 2 rings (SSSR count). The molecule has 0 aromatic heterocycles. The first-order valence-corrected chi connectivity index (χ1v) is 6.41. The Kier molecular flexibility index (Phi) is 3.32. The molecule has 2 aliphatic rings. The molecule has 1 fully saturated rings. The molecule has 0 aromatic rings. The van der Waals surface area contributed by atoms with Gasteiger partial charge in [0.2, 0.25) is 0 Å². The van der Waals surface area contributed by atoms with E-state index in [1.165, 1.54) is 0 Å². The summed E-state index contributed by atoms with van der Waals surface area (Å²) in [5.74, 6) is 1.17. The number of nitrogens with zero attached hydrogens (tertiary/aromatic N) is 1. The second kappa shape index (κ2) is 4.39. The summed E-state index contributed by atoms with van der Waals surface area (Å²) in [6.07, 6.45) is 3.65. The molecule has 0 bridgehead atoms. The van der Waals surface area contributed by atoms with Crippen molar-refractivity contribution in [3.63, 3.8) is 0 Å². The molecule has 5 heteroatoms. The summed E-state index contributed by atoms with van der Waals surface area (Å²) in [4.78, 5) is 4.23. The van der Waals surface area contributed by atoms with Crippen LogP contribution in [0.5, 0.6) is 0 Å². The van der Waals surface area contributed by atoms with Crippen molar-refractivity contribution in [1.29, 1.82) is 0 Å². The molecule has 1 saturated heterocycles. The Balaban J connectivity index is 2.16. The van der Waals surface area contributed by atoms with E-state index in [-0.39, 0.29) is 30.1 Å². The fourth-order valence-electron chi connectivity index (χ4n) is 2.24. The molecule has 2 unspecified atom stereocenters. The second-order valence-corrected chi connectivity index (χ2v) is 6.02. The van der Waals surface area contributed by atoms with Crippen LogP contribution < -0.4 is 0 Å². The molecule has 2 atom stereocenters. The van der Waals surface area contributed by atoms with Crippen LogP contribution in [0.15, 0.2) is 17.0 Å². The van der Waals surface area contributed by atoms with Gasteiger partial charge in [-0.1, -0.05) is 6.92 Å². The predicted octanol–water partition coefficient (Wildman–Crippen LogP) is 2.66. The van der Waals surface area contributed by atoms with Gasteiger partial charge in [-0.05, 0) is 27.7 Å². The number of ether oxygens (including phenoxy) is 1. The van der Waals surface area contributed by atoms with Crippen LogP contribution in [-0.2, 0) is 14.0 Å². The van der Waals surface area contributed by atoms with Crippen molar-refractivity contribution in [1.82, 2.24) is 0 Å². The van der Waals surface area contributed by atoms with Gasteiger partial charge in [-0.3, -0.25) is 4.99 Å². The van der Waals surface area contributed by atoms with E-state index in [4.69, 9.17) is 14.0 Å². The summed E-state index contributed by atoms with van der Waals surface area (Å²) in [7, 11) is 1.40. The monoisotopic (exact) mass is 251 g/mol. The van der Waals surface area contributed by atoms with Crippen molar-refractivity contribution in [2.24, 2.45) is 10.9 Å². The highest BCUT2D eigenvalue weighted by atomic mass is 16.7. The molecule has 0 amide bonds. The number of rotatable bonds is 2. The largest absolute Gasteiger partial charge is 0.499 e. The summed E-state index contributed by atoms with van der Waals surface area (Å²) in [5, 5.41) is 0. The van der Waals surface area contributed by atoms with E-state index >= 15 is 0 Å². The first kappa shape index (κ1) is 13.6. The lowest BCUT2D eigenvalue weighted by molar-refractivity contribution is 0.00578. The highest BCUT2D eigenvalue weighted by molar-refractivity contribution is 6.52. The summed E-state index contributed by atoms with van der Waals surface area (Å²) in [5.41, 5.74) is -0.612. The van der Waals surface area contributed by atoms with Crippen molar-refractivity contribution >= 4 is 13.3 Å². The third-order valence-corrected chi connectivity index (χ3v) is 4.31.